The van der Waals surface area contributed by atoms with Crippen molar-refractivity contribution in [1.82, 2.24) is 15.6 Å². The summed E-state index contributed by atoms with van der Waals surface area (Å²) in [4.78, 5) is 2.36. The first-order valence-electron chi connectivity index (χ1n) is 4.67. The van der Waals surface area contributed by atoms with E-state index in [0.29, 0.717) is 6.54 Å². The van der Waals surface area contributed by atoms with E-state index in [1.54, 1.807) is 18.2 Å². The molecule has 0 saturated carbocycles. The van der Waals surface area contributed by atoms with Crippen LogP contribution in [-0.2, 0) is 10.0 Å². The lowest BCUT2D eigenvalue weighted by molar-refractivity contribution is 0.576. The first-order valence-corrected chi connectivity index (χ1v) is 6.56. The summed E-state index contributed by atoms with van der Waals surface area (Å²) in [6.07, 6.45) is 0. The predicted octanol–water partition coefficient (Wildman–Crippen LogP) is 0.364. The molecule has 1 aromatic carbocycles. The predicted molar refractivity (Wildman–Crippen MR) is 66.2 cm³/mol. The Hall–Kier alpha value is -1.18. The summed E-state index contributed by atoms with van der Waals surface area (Å²) in [5.41, 5.74) is 2.40. The highest BCUT2D eigenvalue weighted by atomic mass is 32.2. The number of thiocarbonyl (C=S) groups is 1. The normalized spacial score (nSPS) is 10.8. The molecule has 0 atom stereocenters. The van der Waals surface area contributed by atoms with E-state index < -0.39 is 10.0 Å². The highest BCUT2D eigenvalue weighted by molar-refractivity contribution is 7.89. The average molecular weight is 259 g/mol. The van der Waals surface area contributed by atoms with Crippen LogP contribution in [-0.4, -0.2) is 20.1 Å². The van der Waals surface area contributed by atoms with Crippen LogP contribution in [0.4, 0.5) is 0 Å². The van der Waals surface area contributed by atoms with Crippen LogP contribution in [0.5, 0.6) is 0 Å². The molecule has 0 saturated heterocycles. The topological polar surface area (TPSA) is 70.2 Å². The van der Waals surface area contributed by atoms with Gasteiger partial charge in [-0.2, -0.15) is 0 Å². The standard InChI is InChI=1S/C9H13N3O2S2/c1-2-10-9(15)11-12-16(13,14)8-6-4-3-5-7-8/h3-7,12H,2H2,1H3,(H2,10,11,15). The monoisotopic (exact) mass is 259 g/mol. The molecule has 1 rings (SSSR count). The van der Waals surface area contributed by atoms with Gasteiger partial charge in [-0.25, -0.2) is 8.42 Å². The fourth-order valence-electron chi connectivity index (χ4n) is 0.977. The van der Waals surface area contributed by atoms with Gasteiger partial charge in [-0.3, -0.25) is 5.43 Å². The van der Waals surface area contributed by atoms with Crippen molar-refractivity contribution < 1.29 is 8.42 Å². The molecule has 0 unspecified atom stereocenters. The van der Waals surface area contributed by atoms with Gasteiger partial charge in [-0.05, 0) is 31.3 Å². The molecule has 0 heterocycles. The van der Waals surface area contributed by atoms with E-state index in [0.717, 1.165) is 0 Å². The fourth-order valence-corrected chi connectivity index (χ4v) is 2.11. The highest BCUT2D eigenvalue weighted by Gasteiger charge is 2.12. The van der Waals surface area contributed by atoms with E-state index in [9.17, 15) is 8.42 Å². The van der Waals surface area contributed by atoms with Crippen molar-refractivity contribution in [3.63, 3.8) is 0 Å². The average Bonchev–Trinajstić information content (AvgIpc) is 2.28. The molecule has 88 valence electrons. The zero-order chi connectivity index (χ0) is 12.0. The summed E-state index contributed by atoms with van der Waals surface area (Å²) < 4.78 is 23.4. The number of hydrazine groups is 1. The van der Waals surface area contributed by atoms with Crippen molar-refractivity contribution in [1.29, 1.82) is 0 Å². The summed E-state index contributed by atoms with van der Waals surface area (Å²) >= 11 is 4.82. The molecule has 0 aromatic heterocycles. The second-order valence-electron chi connectivity index (χ2n) is 2.90. The smallest absolute Gasteiger partial charge is 0.257 e. The van der Waals surface area contributed by atoms with Crippen LogP contribution in [0.3, 0.4) is 0 Å². The first kappa shape index (κ1) is 12.9. The Morgan fingerprint density at radius 2 is 1.94 bits per heavy atom. The molecule has 0 aliphatic rings. The van der Waals surface area contributed by atoms with Gasteiger partial charge in [-0.15, -0.1) is 4.83 Å². The quantitative estimate of drug-likeness (QED) is 0.538. The minimum Gasteiger partial charge on any atom is -0.362 e. The van der Waals surface area contributed by atoms with Gasteiger partial charge >= 0.3 is 0 Å². The van der Waals surface area contributed by atoms with E-state index in [-0.39, 0.29) is 10.0 Å². The van der Waals surface area contributed by atoms with E-state index >= 15 is 0 Å². The first-order chi connectivity index (χ1) is 7.56. The SMILES string of the molecule is CCNC(=S)NNS(=O)(=O)c1ccccc1. The fraction of sp³-hybridized carbons (Fsp3) is 0.222. The Morgan fingerprint density at radius 1 is 1.31 bits per heavy atom. The van der Waals surface area contributed by atoms with Gasteiger partial charge in [0.15, 0.2) is 5.11 Å². The van der Waals surface area contributed by atoms with Crippen LogP contribution in [0.15, 0.2) is 35.2 Å². The molecule has 3 N–H and O–H groups in total. The summed E-state index contributed by atoms with van der Waals surface area (Å²) in [6.45, 7) is 2.48. The number of hydrogen-bond acceptors (Lipinski definition) is 3. The van der Waals surface area contributed by atoms with E-state index in [4.69, 9.17) is 12.2 Å². The number of sulfonamides is 1. The van der Waals surface area contributed by atoms with Crippen LogP contribution >= 0.6 is 12.2 Å². The summed E-state index contributed by atoms with van der Waals surface area (Å²) in [7, 11) is -3.56. The third-order valence-electron chi connectivity index (χ3n) is 1.69. The minimum absolute atomic E-state index is 0.182. The highest BCUT2D eigenvalue weighted by Crippen LogP contribution is 2.05. The molecule has 0 radical (unpaired) electrons. The molecule has 0 aliphatic carbocycles. The Labute approximate surface area is 100 Å². The molecule has 7 heteroatoms. The number of benzene rings is 1. The van der Waals surface area contributed by atoms with Crippen LogP contribution in [0.2, 0.25) is 0 Å². The van der Waals surface area contributed by atoms with Crippen molar-refractivity contribution in [2.75, 3.05) is 6.54 Å². The van der Waals surface area contributed by atoms with Gasteiger partial charge in [0.2, 0.25) is 0 Å². The molecule has 0 bridgehead atoms. The van der Waals surface area contributed by atoms with Crippen molar-refractivity contribution >= 4 is 27.4 Å². The van der Waals surface area contributed by atoms with Crippen molar-refractivity contribution in [3.8, 4) is 0 Å². The van der Waals surface area contributed by atoms with Crippen LogP contribution in [0.25, 0.3) is 0 Å². The third-order valence-corrected chi connectivity index (χ3v) is 3.20. The molecule has 0 amide bonds. The molecule has 0 spiro atoms. The van der Waals surface area contributed by atoms with Crippen molar-refractivity contribution in [2.24, 2.45) is 0 Å². The van der Waals surface area contributed by atoms with Crippen LogP contribution < -0.4 is 15.6 Å². The second-order valence-corrected chi connectivity index (χ2v) is 4.99. The number of rotatable bonds is 4. The van der Waals surface area contributed by atoms with Gasteiger partial charge in [0, 0.05) is 6.54 Å². The van der Waals surface area contributed by atoms with Crippen molar-refractivity contribution in [3.05, 3.63) is 30.3 Å². The number of hydrogen-bond donors (Lipinski definition) is 3. The Morgan fingerprint density at radius 3 is 2.50 bits per heavy atom. The Kier molecular flexibility index (Phi) is 4.66. The maximum Gasteiger partial charge on any atom is 0.257 e. The van der Waals surface area contributed by atoms with Crippen LogP contribution in [0.1, 0.15) is 6.92 Å². The Balaban J connectivity index is 2.64. The lowest BCUT2D eigenvalue weighted by Crippen LogP contribution is -2.46. The summed E-state index contributed by atoms with van der Waals surface area (Å²) in [5.74, 6) is 0. The van der Waals surface area contributed by atoms with Crippen molar-refractivity contribution in [2.45, 2.75) is 11.8 Å². The molecule has 5 nitrogen and oxygen atoms in total. The maximum absolute atomic E-state index is 11.7. The molecule has 1 aromatic rings. The summed E-state index contributed by atoms with van der Waals surface area (Å²) in [5, 5.41) is 3.00. The molecule has 0 fully saturated rings. The second kappa shape index (κ2) is 5.78. The zero-order valence-corrected chi connectivity index (χ0v) is 10.4. The minimum atomic E-state index is -3.56. The Bertz CT molecular complexity index is 445. The third kappa shape index (κ3) is 3.76. The van der Waals surface area contributed by atoms with Gasteiger partial charge in [-0.1, -0.05) is 18.2 Å². The van der Waals surface area contributed by atoms with E-state index in [1.165, 1.54) is 12.1 Å². The van der Waals surface area contributed by atoms with Gasteiger partial charge in [0.25, 0.3) is 10.0 Å². The molecular weight excluding hydrogens is 246 g/mol. The largest absolute Gasteiger partial charge is 0.362 e. The van der Waals surface area contributed by atoms with Crippen LogP contribution in [0, 0.1) is 0 Å². The van der Waals surface area contributed by atoms with Gasteiger partial charge in [0.1, 0.15) is 0 Å². The maximum atomic E-state index is 11.7. The molecular formula is C9H13N3O2S2. The number of nitrogens with one attached hydrogen (secondary N) is 3. The van der Waals surface area contributed by atoms with E-state index in [1.807, 2.05) is 6.92 Å². The van der Waals surface area contributed by atoms with Gasteiger partial charge < -0.3 is 5.32 Å². The lowest BCUT2D eigenvalue weighted by atomic mass is 10.4. The van der Waals surface area contributed by atoms with E-state index in [2.05, 4.69) is 15.6 Å². The van der Waals surface area contributed by atoms with Gasteiger partial charge in [0.05, 0.1) is 4.90 Å². The zero-order valence-electron chi connectivity index (χ0n) is 8.73. The molecule has 0 aliphatic heterocycles. The lowest BCUT2D eigenvalue weighted by Gasteiger charge is -2.10. The molecule has 16 heavy (non-hydrogen) atoms. The summed E-state index contributed by atoms with van der Waals surface area (Å²) in [6, 6.07) is 8.05.